The van der Waals surface area contributed by atoms with Crippen LogP contribution in [0.3, 0.4) is 0 Å². The zero-order valence-corrected chi connectivity index (χ0v) is 26.4. The number of hydrogen-bond acceptors (Lipinski definition) is 8. The van der Waals surface area contributed by atoms with Crippen LogP contribution in [-0.2, 0) is 51.0 Å². The van der Waals surface area contributed by atoms with Gasteiger partial charge in [0.1, 0.15) is 0 Å². The minimum absolute atomic E-state index is 0.0852. The highest BCUT2D eigenvalue weighted by atomic mass is 16.6. The van der Waals surface area contributed by atoms with Crippen molar-refractivity contribution in [1.29, 1.82) is 0 Å². The summed E-state index contributed by atoms with van der Waals surface area (Å²) in [6, 6.07) is 8.30. The molecule has 0 aliphatic rings. The highest BCUT2D eigenvalue weighted by Gasteiger charge is 2.32. The van der Waals surface area contributed by atoms with Crippen LogP contribution in [-0.4, -0.2) is 50.3 Å². The smallest absolute Gasteiger partial charge is 0.320 e. The minimum atomic E-state index is -1.08. The molecule has 0 amide bonds. The number of carbonyl (C=O) groups excluding carboxylic acids is 4. The van der Waals surface area contributed by atoms with Gasteiger partial charge in [0.15, 0.2) is 11.8 Å². The summed E-state index contributed by atoms with van der Waals surface area (Å²) < 4.78 is 21.6. The molecule has 1 aromatic rings. The molecule has 0 spiro atoms. The van der Waals surface area contributed by atoms with Gasteiger partial charge in [-0.2, -0.15) is 0 Å². The Hall–Kier alpha value is -2.90. The van der Waals surface area contributed by atoms with Crippen molar-refractivity contribution >= 4 is 23.9 Å². The Morgan fingerprint density at radius 3 is 1.21 bits per heavy atom. The topological polar surface area (TPSA) is 105 Å². The molecule has 8 heteroatoms. The third kappa shape index (κ3) is 15.9. The normalized spacial score (nSPS) is 11.0. The average molecular weight is 590 g/mol. The average Bonchev–Trinajstić information content (AvgIpc) is 2.99. The second-order valence-electron chi connectivity index (χ2n) is 10.7. The number of rotatable bonds is 24. The van der Waals surface area contributed by atoms with Crippen LogP contribution in [0.5, 0.6) is 0 Å². The van der Waals surface area contributed by atoms with Gasteiger partial charge in [-0.15, -0.1) is 0 Å². The fraction of sp³-hybridized carbons (Fsp3) is 0.706. The van der Waals surface area contributed by atoms with Crippen molar-refractivity contribution in [1.82, 2.24) is 0 Å². The SMILES string of the molecule is CCCCCOC(=O)C(Cc1[c]cc(CC(C(=O)OCCCCC)C(=O)OCCCCC)cc1)C(=O)OCCCCC. The van der Waals surface area contributed by atoms with Crippen molar-refractivity contribution in [3.05, 3.63) is 35.4 Å². The number of hydrogen-bond donors (Lipinski definition) is 0. The van der Waals surface area contributed by atoms with Gasteiger partial charge in [-0.25, -0.2) is 0 Å². The van der Waals surface area contributed by atoms with Crippen molar-refractivity contribution in [2.75, 3.05) is 26.4 Å². The molecule has 0 aliphatic carbocycles. The van der Waals surface area contributed by atoms with Crippen molar-refractivity contribution in [2.45, 2.75) is 118 Å². The van der Waals surface area contributed by atoms with Gasteiger partial charge in [0, 0.05) is 0 Å². The zero-order valence-electron chi connectivity index (χ0n) is 26.4. The maximum absolute atomic E-state index is 12.8. The van der Waals surface area contributed by atoms with E-state index in [-0.39, 0.29) is 39.3 Å². The zero-order chi connectivity index (χ0) is 31.0. The summed E-state index contributed by atoms with van der Waals surface area (Å²) in [5.41, 5.74) is 1.32. The summed E-state index contributed by atoms with van der Waals surface area (Å²) in [4.78, 5) is 51.3. The van der Waals surface area contributed by atoms with Gasteiger partial charge in [0.05, 0.1) is 26.4 Å². The summed E-state index contributed by atoms with van der Waals surface area (Å²) in [7, 11) is 0. The van der Waals surface area contributed by atoms with E-state index in [4.69, 9.17) is 18.9 Å². The van der Waals surface area contributed by atoms with E-state index in [2.05, 4.69) is 33.8 Å². The van der Waals surface area contributed by atoms with E-state index in [1.807, 2.05) is 0 Å². The van der Waals surface area contributed by atoms with Crippen molar-refractivity contribution < 1.29 is 38.1 Å². The summed E-state index contributed by atoms with van der Waals surface area (Å²) >= 11 is 0. The lowest BCUT2D eigenvalue weighted by molar-refractivity contribution is -0.164. The highest BCUT2D eigenvalue weighted by molar-refractivity contribution is 5.95. The third-order valence-corrected chi connectivity index (χ3v) is 6.91. The van der Waals surface area contributed by atoms with Crippen LogP contribution in [0.2, 0.25) is 0 Å². The minimum Gasteiger partial charge on any atom is -0.465 e. The van der Waals surface area contributed by atoms with Crippen molar-refractivity contribution in [3.63, 3.8) is 0 Å². The Morgan fingerprint density at radius 1 is 0.548 bits per heavy atom. The monoisotopic (exact) mass is 589 g/mol. The first-order valence-corrected chi connectivity index (χ1v) is 16.0. The molecule has 0 aromatic heterocycles. The molecule has 0 heterocycles. The van der Waals surface area contributed by atoms with Gasteiger partial charge in [0.2, 0.25) is 0 Å². The lowest BCUT2D eigenvalue weighted by Crippen LogP contribution is -2.31. The standard InChI is InChI=1S/C34H53O8/c1-5-9-13-21-39-31(35)29(32(36)40-22-14-10-6-2)25-27-17-19-28(20-18-27)26-30(33(37)41-23-15-11-7-3)34(38)42-24-16-12-8-4/h17-19,29-30H,5-16,21-26H2,1-4H3. The molecule has 0 N–H and O–H groups in total. The Kier molecular flexibility index (Phi) is 20.9. The third-order valence-electron chi connectivity index (χ3n) is 6.91. The molecule has 1 aromatic carbocycles. The van der Waals surface area contributed by atoms with E-state index in [1.54, 1.807) is 18.2 Å². The summed E-state index contributed by atoms with van der Waals surface area (Å²) in [5, 5.41) is 0. The van der Waals surface area contributed by atoms with Crippen LogP contribution in [0.4, 0.5) is 0 Å². The van der Waals surface area contributed by atoms with Gasteiger partial charge in [-0.05, 0) is 55.7 Å². The first kappa shape index (κ1) is 37.1. The maximum Gasteiger partial charge on any atom is 0.320 e. The fourth-order valence-corrected chi connectivity index (χ4v) is 4.23. The number of carbonyl (C=O) groups is 4. The molecule has 1 rings (SSSR count). The summed E-state index contributed by atoms with van der Waals surface area (Å²) in [5.74, 6) is -4.53. The second kappa shape index (κ2) is 23.6. The van der Waals surface area contributed by atoms with Crippen LogP contribution in [0.1, 0.15) is 116 Å². The number of unbranched alkanes of at least 4 members (excludes halogenated alkanes) is 8. The molecule has 8 nitrogen and oxygen atoms in total. The van der Waals surface area contributed by atoms with Crippen LogP contribution < -0.4 is 0 Å². The summed E-state index contributed by atoms with van der Waals surface area (Å²) in [6.07, 6.45) is 10.9. The van der Waals surface area contributed by atoms with E-state index < -0.39 is 35.7 Å². The van der Waals surface area contributed by atoms with Crippen LogP contribution in [0.15, 0.2) is 18.2 Å². The molecular weight excluding hydrogens is 536 g/mol. The Morgan fingerprint density at radius 2 is 0.905 bits per heavy atom. The second-order valence-corrected chi connectivity index (χ2v) is 10.7. The molecule has 42 heavy (non-hydrogen) atoms. The Labute approximate surface area is 253 Å². The van der Waals surface area contributed by atoms with Gasteiger partial charge >= 0.3 is 23.9 Å². The number of esters is 4. The fourth-order valence-electron chi connectivity index (χ4n) is 4.23. The van der Waals surface area contributed by atoms with E-state index >= 15 is 0 Å². The lowest BCUT2D eigenvalue weighted by Gasteiger charge is -2.17. The molecule has 0 fully saturated rings. The highest BCUT2D eigenvalue weighted by Crippen LogP contribution is 2.18. The number of ether oxygens (including phenoxy) is 4. The predicted molar refractivity (Wildman–Crippen MR) is 162 cm³/mol. The van der Waals surface area contributed by atoms with Crippen molar-refractivity contribution in [3.8, 4) is 0 Å². The van der Waals surface area contributed by atoms with Crippen LogP contribution in [0, 0.1) is 17.9 Å². The quantitative estimate of drug-likeness (QED) is 0.0565. The summed E-state index contributed by atoms with van der Waals surface area (Å²) in [6.45, 7) is 9.31. The largest absolute Gasteiger partial charge is 0.465 e. The Bertz CT molecular complexity index is 774. The molecule has 0 unspecified atom stereocenters. The first-order chi connectivity index (χ1) is 20.4. The first-order valence-electron chi connectivity index (χ1n) is 16.0. The molecule has 0 bridgehead atoms. The number of benzene rings is 1. The van der Waals surface area contributed by atoms with Crippen LogP contribution >= 0.6 is 0 Å². The molecule has 1 radical (unpaired) electrons. The Balaban J connectivity index is 2.93. The van der Waals surface area contributed by atoms with Gasteiger partial charge in [-0.3, -0.25) is 19.2 Å². The predicted octanol–water partition coefficient (Wildman–Crippen LogP) is 6.74. The molecule has 0 saturated carbocycles. The lowest BCUT2D eigenvalue weighted by atomic mass is 9.95. The molecule has 0 aliphatic heterocycles. The molecule has 0 atom stereocenters. The molecular formula is C34H53O8. The van der Waals surface area contributed by atoms with E-state index in [9.17, 15) is 19.2 Å². The van der Waals surface area contributed by atoms with Gasteiger partial charge in [-0.1, -0.05) is 97.3 Å². The molecule has 237 valence electrons. The van der Waals surface area contributed by atoms with Crippen molar-refractivity contribution in [2.24, 2.45) is 11.8 Å². The van der Waals surface area contributed by atoms with E-state index in [0.717, 1.165) is 77.0 Å². The van der Waals surface area contributed by atoms with Crippen LogP contribution in [0.25, 0.3) is 0 Å². The van der Waals surface area contributed by atoms with Gasteiger partial charge in [0.25, 0.3) is 0 Å². The maximum atomic E-state index is 12.8. The van der Waals surface area contributed by atoms with Gasteiger partial charge < -0.3 is 18.9 Å². The van der Waals surface area contributed by atoms with E-state index in [0.29, 0.717) is 11.1 Å². The molecule has 0 saturated heterocycles. The van der Waals surface area contributed by atoms with E-state index in [1.165, 1.54) is 0 Å².